The van der Waals surface area contributed by atoms with E-state index in [9.17, 15) is 14.7 Å². The van der Waals surface area contributed by atoms with Crippen LogP contribution in [0.15, 0.2) is 97.1 Å². The van der Waals surface area contributed by atoms with Crippen molar-refractivity contribution in [2.45, 2.75) is 19.1 Å². The predicted octanol–water partition coefficient (Wildman–Crippen LogP) is 4.84. The van der Waals surface area contributed by atoms with E-state index in [1.54, 1.807) is 6.07 Å². The topological polar surface area (TPSA) is 75.6 Å². The molecule has 0 spiro atoms. The van der Waals surface area contributed by atoms with Gasteiger partial charge in [-0.05, 0) is 22.6 Å². The summed E-state index contributed by atoms with van der Waals surface area (Å²) < 4.78 is 6.11. The first kappa shape index (κ1) is 21.1. The van der Waals surface area contributed by atoms with Crippen molar-refractivity contribution in [2.75, 3.05) is 0 Å². The summed E-state index contributed by atoms with van der Waals surface area (Å²) in [6, 6.07) is 29.0. The second kappa shape index (κ2) is 9.79. The number of hydrogen-bond donors (Lipinski definition) is 2. The molecule has 0 heterocycles. The zero-order valence-corrected chi connectivity index (χ0v) is 17.4. The van der Waals surface area contributed by atoms with Crippen LogP contribution in [0, 0.1) is 0 Å². The SMILES string of the molecule is O=C(N[C@@H](Cc1ccccc1)C(=O)O)c1ccc2ccccc2c1OCc1ccccc1. The van der Waals surface area contributed by atoms with Crippen LogP contribution in [0.3, 0.4) is 0 Å². The molecule has 4 aromatic rings. The highest BCUT2D eigenvalue weighted by atomic mass is 16.5. The minimum atomic E-state index is -1.09. The lowest BCUT2D eigenvalue weighted by atomic mass is 10.0. The summed E-state index contributed by atoms with van der Waals surface area (Å²) in [4.78, 5) is 25.0. The largest absolute Gasteiger partial charge is 0.487 e. The third-order valence-electron chi connectivity index (χ3n) is 5.24. The Morgan fingerprint density at radius 3 is 2.09 bits per heavy atom. The summed E-state index contributed by atoms with van der Waals surface area (Å²) in [5, 5.41) is 14.1. The Hall–Kier alpha value is -4.12. The molecule has 0 aromatic heterocycles. The van der Waals surface area contributed by atoms with Gasteiger partial charge >= 0.3 is 5.97 Å². The molecule has 160 valence electrons. The van der Waals surface area contributed by atoms with Gasteiger partial charge < -0.3 is 15.2 Å². The molecular weight excluding hydrogens is 402 g/mol. The molecule has 0 aliphatic carbocycles. The van der Waals surface area contributed by atoms with Gasteiger partial charge in [-0.15, -0.1) is 0 Å². The Labute approximate surface area is 186 Å². The van der Waals surface area contributed by atoms with E-state index in [1.807, 2.05) is 91.0 Å². The molecule has 5 nitrogen and oxygen atoms in total. The number of hydrogen-bond acceptors (Lipinski definition) is 3. The molecule has 32 heavy (non-hydrogen) atoms. The highest BCUT2D eigenvalue weighted by Gasteiger charge is 2.24. The van der Waals surface area contributed by atoms with E-state index in [-0.39, 0.29) is 6.42 Å². The van der Waals surface area contributed by atoms with Gasteiger partial charge in [0.1, 0.15) is 18.4 Å². The second-order valence-corrected chi connectivity index (χ2v) is 7.49. The van der Waals surface area contributed by atoms with Crippen LogP contribution < -0.4 is 10.1 Å². The van der Waals surface area contributed by atoms with E-state index in [2.05, 4.69) is 5.32 Å². The number of ether oxygens (including phenoxy) is 1. The van der Waals surface area contributed by atoms with Crippen molar-refractivity contribution in [3.8, 4) is 5.75 Å². The monoisotopic (exact) mass is 425 g/mol. The van der Waals surface area contributed by atoms with Crippen LogP contribution in [0.5, 0.6) is 5.75 Å². The van der Waals surface area contributed by atoms with Crippen molar-refractivity contribution >= 4 is 22.6 Å². The molecule has 1 amide bonds. The van der Waals surface area contributed by atoms with E-state index in [1.165, 1.54) is 0 Å². The molecule has 0 bridgehead atoms. The molecule has 0 saturated heterocycles. The van der Waals surface area contributed by atoms with E-state index >= 15 is 0 Å². The fourth-order valence-electron chi connectivity index (χ4n) is 3.59. The van der Waals surface area contributed by atoms with E-state index in [4.69, 9.17) is 4.74 Å². The highest BCUT2D eigenvalue weighted by Crippen LogP contribution is 2.31. The number of carboxylic acid groups (broad SMARTS) is 1. The molecule has 0 saturated carbocycles. The van der Waals surface area contributed by atoms with Crippen molar-refractivity contribution in [3.63, 3.8) is 0 Å². The number of carboxylic acids is 1. The smallest absolute Gasteiger partial charge is 0.326 e. The van der Waals surface area contributed by atoms with Crippen LogP contribution in [0.4, 0.5) is 0 Å². The molecular formula is C27H23NO4. The van der Waals surface area contributed by atoms with Crippen molar-refractivity contribution in [3.05, 3.63) is 114 Å². The predicted molar refractivity (Wildman–Crippen MR) is 124 cm³/mol. The van der Waals surface area contributed by atoms with Crippen LogP contribution in [-0.4, -0.2) is 23.0 Å². The van der Waals surface area contributed by atoms with Crippen LogP contribution in [0.25, 0.3) is 10.8 Å². The Balaban J connectivity index is 1.63. The average Bonchev–Trinajstić information content (AvgIpc) is 2.83. The lowest BCUT2D eigenvalue weighted by Crippen LogP contribution is -2.42. The Bertz CT molecular complexity index is 1220. The molecule has 0 radical (unpaired) electrons. The van der Waals surface area contributed by atoms with Crippen molar-refractivity contribution in [1.82, 2.24) is 5.32 Å². The molecule has 5 heteroatoms. The molecule has 0 aliphatic heterocycles. The van der Waals surface area contributed by atoms with Crippen molar-refractivity contribution in [2.24, 2.45) is 0 Å². The Kier molecular flexibility index (Phi) is 6.46. The third kappa shape index (κ3) is 4.95. The van der Waals surface area contributed by atoms with Crippen molar-refractivity contribution in [1.29, 1.82) is 0 Å². The maximum Gasteiger partial charge on any atom is 0.326 e. The van der Waals surface area contributed by atoms with Crippen LogP contribution in [-0.2, 0) is 17.8 Å². The number of aliphatic carboxylic acids is 1. The molecule has 4 rings (SSSR count). The molecule has 0 aliphatic rings. The molecule has 0 fully saturated rings. The maximum absolute atomic E-state index is 13.2. The molecule has 4 aromatic carbocycles. The minimum Gasteiger partial charge on any atom is -0.487 e. The first-order valence-corrected chi connectivity index (χ1v) is 10.4. The van der Waals surface area contributed by atoms with Gasteiger partial charge in [-0.3, -0.25) is 4.79 Å². The Morgan fingerprint density at radius 1 is 0.781 bits per heavy atom. The number of carbonyl (C=O) groups excluding carboxylic acids is 1. The second-order valence-electron chi connectivity index (χ2n) is 7.49. The summed E-state index contributed by atoms with van der Waals surface area (Å²) >= 11 is 0. The van der Waals surface area contributed by atoms with E-state index in [0.29, 0.717) is 17.9 Å². The molecule has 0 unspecified atom stereocenters. The number of nitrogens with one attached hydrogen (secondary N) is 1. The highest BCUT2D eigenvalue weighted by molar-refractivity contribution is 6.04. The van der Waals surface area contributed by atoms with Gasteiger partial charge in [-0.2, -0.15) is 0 Å². The van der Waals surface area contributed by atoms with Crippen LogP contribution in [0.2, 0.25) is 0 Å². The minimum absolute atomic E-state index is 0.190. The van der Waals surface area contributed by atoms with E-state index < -0.39 is 17.9 Å². The number of amides is 1. The van der Waals surface area contributed by atoms with Gasteiger partial charge in [0.2, 0.25) is 0 Å². The Morgan fingerprint density at radius 2 is 1.41 bits per heavy atom. The molecule has 1 atom stereocenters. The maximum atomic E-state index is 13.2. The summed E-state index contributed by atoms with van der Waals surface area (Å²) in [5.41, 5.74) is 2.11. The molecule has 2 N–H and O–H groups in total. The summed E-state index contributed by atoms with van der Waals surface area (Å²) in [7, 11) is 0. The number of fused-ring (bicyclic) bond motifs is 1. The van der Waals surface area contributed by atoms with E-state index in [0.717, 1.165) is 21.9 Å². The third-order valence-corrected chi connectivity index (χ3v) is 5.24. The first-order valence-electron chi connectivity index (χ1n) is 10.4. The standard InChI is InChI=1S/C27H23NO4/c29-26(28-24(27(30)31)17-19-9-3-1-4-10-19)23-16-15-21-13-7-8-14-22(21)25(23)32-18-20-11-5-2-6-12-20/h1-16,24H,17-18H2,(H,28,29)(H,30,31)/t24-/m0/s1. The van der Waals surface area contributed by atoms with Gasteiger partial charge in [0.15, 0.2) is 0 Å². The van der Waals surface area contributed by atoms with Crippen molar-refractivity contribution < 1.29 is 19.4 Å². The number of benzene rings is 4. The average molecular weight is 425 g/mol. The zero-order chi connectivity index (χ0) is 22.3. The van der Waals surface area contributed by atoms with Crippen LogP contribution in [0.1, 0.15) is 21.5 Å². The normalized spacial score (nSPS) is 11.6. The van der Waals surface area contributed by atoms with Gasteiger partial charge in [0.25, 0.3) is 5.91 Å². The lowest BCUT2D eigenvalue weighted by Gasteiger charge is -2.18. The summed E-state index contributed by atoms with van der Waals surface area (Å²) in [6.07, 6.45) is 0.190. The lowest BCUT2D eigenvalue weighted by molar-refractivity contribution is -0.139. The summed E-state index contributed by atoms with van der Waals surface area (Å²) in [5.74, 6) is -1.13. The number of carbonyl (C=O) groups is 2. The zero-order valence-electron chi connectivity index (χ0n) is 17.4. The van der Waals surface area contributed by atoms with Gasteiger partial charge in [-0.1, -0.05) is 91.0 Å². The quantitative estimate of drug-likeness (QED) is 0.423. The van der Waals surface area contributed by atoms with Gasteiger partial charge in [-0.25, -0.2) is 4.79 Å². The van der Waals surface area contributed by atoms with Crippen LogP contribution >= 0.6 is 0 Å². The first-order chi connectivity index (χ1) is 15.6. The van der Waals surface area contributed by atoms with Gasteiger partial charge in [0.05, 0.1) is 5.56 Å². The fraction of sp³-hybridized carbons (Fsp3) is 0.111. The summed E-state index contributed by atoms with van der Waals surface area (Å²) in [6.45, 7) is 0.293. The van der Waals surface area contributed by atoms with Gasteiger partial charge in [0, 0.05) is 11.8 Å². The number of rotatable bonds is 8. The fourth-order valence-corrected chi connectivity index (χ4v) is 3.59.